The summed E-state index contributed by atoms with van der Waals surface area (Å²) in [5.41, 5.74) is 0.157. The van der Waals surface area contributed by atoms with Gasteiger partial charge in [0.25, 0.3) is 11.8 Å². The number of nitrogens with one attached hydrogen (secondary N) is 3. The smallest absolute Gasteiger partial charge is 0.287 e. The zero-order valence-electron chi connectivity index (χ0n) is 15.4. The van der Waals surface area contributed by atoms with E-state index < -0.39 is 21.8 Å². The van der Waals surface area contributed by atoms with Crippen molar-refractivity contribution in [2.24, 2.45) is 0 Å². The summed E-state index contributed by atoms with van der Waals surface area (Å²) in [5.74, 6) is -1.08. The SMILES string of the molecule is O=C1CN(S(=O)(=O)c2cccc(C(=O)NCCNC(=O)c3ccco3)c2)CCN1. The van der Waals surface area contributed by atoms with E-state index in [4.69, 9.17) is 4.42 Å². The average Bonchev–Trinajstić information content (AvgIpc) is 3.26. The van der Waals surface area contributed by atoms with Gasteiger partial charge in [0.15, 0.2) is 5.76 Å². The number of nitrogens with zero attached hydrogens (tertiary/aromatic N) is 1. The number of carbonyl (C=O) groups excluding carboxylic acids is 3. The van der Waals surface area contributed by atoms with Crippen LogP contribution in [0.1, 0.15) is 20.9 Å². The van der Waals surface area contributed by atoms with Gasteiger partial charge in [0, 0.05) is 31.7 Å². The highest BCUT2D eigenvalue weighted by atomic mass is 32.2. The summed E-state index contributed by atoms with van der Waals surface area (Å²) < 4.78 is 31.5. The Labute approximate surface area is 167 Å². The van der Waals surface area contributed by atoms with Crippen molar-refractivity contribution in [1.29, 1.82) is 0 Å². The third kappa shape index (κ3) is 5.00. The lowest BCUT2D eigenvalue weighted by Crippen LogP contribution is -2.49. The molecule has 10 nitrogen and oxygen atoms in total. The van der Waals surface area contributed by atoms with Crippen molar-refractivity contribution in [3.05, 3.63) is 54.0 Å². The van der Waals surface area contributed by atoms with E-state index in [1.165, 1.54) is 36.6 Å². The molecule has 0 bridgehead atoms. The Bertz CT molecular complexity index is 1000. The van der Waals surface area contributed by atoms with Gasteiger partial charge in [0.2, 0.25) is 15.9 Å². The fraction of sp³-hybridized carbons (Fsp3) is 0.278. The second-order valence-electron chi connectivity index (χ2n) is 6.21. The first-order chi connectivity index (χ1) is 13.9. The lowest BCUT2D eigenvalue weighted by Gasteiger charge is -2.26. The molecule has 0 aliphatic carbocycles. The fourth-order valence-corrected chi connectivity index (χ4v) is 4.16. The van der Waals surface area contributed by atoms with Crippen LogP contribution in [0.2, 0.25) is 0 Å². The second kappa shape index (κ2) is 8.88. The molecule has 1 saturated heterocycles. The molecule has 1 aliphatic heterocycles. The van der Waals surface area contributed by atoms with E-state index in [1.807, 2.05) is 0 Å². The molecule has 1 fully saturated rings. The van der Waals surface area contributed by atoms with Gasteiger partial charge in [-0.15, -0.1) is 0 Å². The summed E-state index contributed by atoms with van der Waals surface area (Å²) >= 11 is 0. The summed E-state index contributed by atoms with van der Waals surface area (Å²) in [5, 5.41) is 7.76. The predicted octanol–water partition coefficient (Wildman–Crippen LogP) is -0.440. The molecule has 11 heteroatoms. The van der Waals surface area contributed by atoms with Crippen LogP contribution in [0.3, 0.4) is 0 Å². The molecule has 2 aromatic rings. The van der Waals surface area contributed by atoms with E-state index in [-0.39, 0.29) is 54.9 Å². The van der Waals surface area contributed by atoms with Crippen LogP contribution in [0, 0.1) is 0 Å². The van der Waals surface area contributed by atoms with E-state index in [0.717, 1.165) is 4.31 Å². The number of sulfonamides is 1. The Hall–Kier alpha value is -3.18. The number of rotatable bonds is 7. The van der Waals surface area contributed by atoms with E-state index in [2.05, 4.69) is 16.0 Å². The zero-order valence-corrected chi connectivity index (χ0v) is 16.2. The third-order valence-corrected chi connectivity index (χ3v) is 6.02. The number of carbonyl (C=O) groups is 3. The van der Waals surface area contributed by atoms with Crippen LogP contribution in [0.4, 0.5) is 0 Å². The Morgan fingerprint density at radius 2 is 1.86 bits per heavy atom. The van der Waals surface area contributed by atoms with Crippen LogP contribution in [-0.2, 0) is 14.8 Å². The van der Waals surface area contributed by atoms with Gasteiger partial charge in [-0.1, -0.05) is 6.07 Å². The van der Waals surface area contributed by atoms with E-state index in [0.29, 0.717) is 0 Å². The van der Waals surface area contributed by atoms with Crippen LogP contribution >= 0.6 is 0 Å². The maximum absolute atomic E-state index is 12.7. The summed E-state index contributed by atoms with van der Waals surface area (Å²) in [6.45, 7) is 0.469. The minimum atomic E-state index is -3.89. The highest BCUT2D eigenvalue weighted by molar-refractivity contribution is 7.89. The molecule has 1 aromatic carbocycles. The molecule has 3 N–H and O–H groups in total. The van der Waals surface area contributed by atoms with Crippen LogP contribution in [0.5, 0.6) is 0 Å². The summed E-state index contributed by atoms with van der Waals surface area (Å²) in [7, 11) is -3.89. The molecule has 0 atom stereocenters. The molecule has 1 aromatic heterocycles. The number of benzene rings is 1. The van der Waals surface area contributed by atoms with Crippen molar-refractivity contribution in [3.63, 3.8) is 0 Å². The Morgan fingerprint density at radius 3 is 2.55 bits per heavy atom. The predicted molar refractivity (Wildman–Crippen MR) is 102 cm³/mol. The minimum absolute atomic E-state index is 0.0639. The maximum atomic E-state index is 12.7. The molecule has 3 amide bonds. The van der Waals surface area contributed by atoms with E-state index in [9.17, 15) is 22.8 Å². The lowest BCUT2D eigenvalue weighted by atomic mass is 10.2. The van der Waals surface area contributed by atoms with Gasteiger partial charge in [0.05, 0.1) is 17.7 Å². The van der Waals surface area contributed by atoms with Gasteiger partial charge in [-0.25, -0.2) is 8.42 Å². The molecule has 0 unspecified atom stereocenters. The molecule has 1 aliphatic rings. The summed E-state index contributed by atoms with van der Waals surface area (Å²) in [4.78, 5) is 35.5. The van der Waals surface area contributed by atoms with Crippen LogP contribution in [0.15, 0.2) is 52.0 Å². The topological polar surface area (TPSA) is 138 Å². The van der Waals surface area contributed by atoms with Gasteiger partial charge in [-0.05, 0) is 30.3 Å². The Balaban J connectivity index is 1.57. The van der Waals surface area contributed by atoms with Crippen molar-refractivity contribution in [2.45, 2.75) is 4.90 Å². The largest absolute Gasteiger partial charge is 0.459 e. The van der Waals surface area contributed by atoms with Crippen molar-refractivity contribution >= 4 is 27.7 Å². The summed E-state index contributed by atoms with van der Waals surface area (Å²) in [6.07, 6.45) is 1.38. The molecular formula is C18H20N4O6S. The highest BCUT2D eigenvalue weighted by Gasteiger charge is 2.29. The van der Waals surface area contributed by atoms with Crippen molar-refractivity contribution in [1.82, 2.24) is 20.3 Å². The summed E-state index contributed by atoms with van der Waals surface area (Å²) in [6, 6.07) is 8.70. The number of amides is 3. The highest BCUT2D eigenvalue weighted by Crippen LogP contribution is 2.17. The number of furan rings is 1. The van der Waals surface area contributed by atoms with Gasteiger partial charge >= 0.3 is 0 Å². The van der Waals surface area contributed by atoms with Crippen LogP contribution in [0.25, 0.3) is 0 Å². The number of hydrogen-bond acceptors (Lipinski definition) is 6. The third-order valence-electron chi connectivity index (χ3n) is 4.18. The first kappa shape index (κ1) is 20.6. The Morgan fingerprint density at radius 1 is 1.10 bits per heavy atom. The van der Waals surface area contributed by atoms with Crippen molar-refractivity contribution in [3.8, 4) is 0 Å². The minimum Gasteiger partial charge on any atom is -0.459 e. The molecular weight excluding hydrogens is 400 g/mol. The average molecular weight is 420 g/mol. The number of piperazine rings is 1. The first-order valence-corrected chi connectivity index (χ1v) is 10.3. The van der Waals surface area contributed by atoms with Gasteiger partial charge in [-0.3, -0.25) is 14.4 Å². The maximum Gasteiger partial charge on any atom is 0.287 e. The zero-order chi connectivity index (χ0) is 20.9. The molecule has 0 spiro atoms. The van der Waals surface area contributed by atoms with Crippen LogP contribution < -0.4 is 16.0 Å². The standard InChI is InChI=1S/C18H20N4O6S/c23-16-12-22(9-8-19-16)29(26,27)14-4-1-3-13(11-14)17(24)20-6-7-21-18(25)15-5-2-10-28-15/h1-5,10-11H,6-9,12H2,(H,19,23)(H,20,24)(H,21,25). The number of hydrogen-bond donors (Lipinski definition) is 3. The van der Waals surface area contributed by atoms with Crippen LogP contribution in [-0.4, -0.2) is 63.2 Å². The Kier molecular flexibility index (Phi) is 6.29. The van der Waals surface area contributed by atoms with Gasteiger partial charge in [0.1, 0.15) is 0 Å². The quantitative estimate of drug-likeness (QED) is 0.519. The monoisotopic (exact) mass is 420 g/mol. The first-order valence-electron chi connectivity index (χ1n) is 8.85. The molecule has 3 rings (SSSR count). The van der Waals surface area contributed by atoms with Crippen molar-refractivity contribution in [2.75, 3.05) is 32.7 Å². The molecule has 29 heavy (non-hydrogen) atoms. The molecule has 2 heterocycles. The fourth-order valence-electron chi connectivity index (χ4n) is 2.72. The van der Waals surface area contributed by atoms with E-state index >= 15 is 0 Å². The lowest BCUT2D eigenvalue weighted by molar-refractivity contribution is -0.122. The van der Waals surface area contributed by atoms with Gasteiger partial charge in [-0.2, -0.15) is 4.31 Å². The normalized spacial score (nSPS) is 14.8. The molecule has 0 radical (unpaired) electrons. The van der Waals surface area contributed by atoms with E-state index in [1.54, 1.807) is 6.07 Å². The van der Waals surface area contributed by atoms with Gasteiger partial charge < -0.3 is 20.4 Å². The molecule has 154 valence electrons. The second-order valence-corrected chi connectivity index (χ2v) is 8.14. The van der Waals surface area contributed by atoms with Crippen molar-refractivity contribution < 1.29 is 27.2 Å². The molecule has 0 saturated carbocycles.